The van der Waals surface area contributed by atoms with Crippen molar-refractivity contribution < 1.29 is 4.79 Å². The maximum absolute atomic E-state index is 12.5. The highest BCUT2D eigenvalue weighted by Gasteiger charge is 2.25. The van der Waals surface area contributed by atoms with Crippen molar-refractivity contribution in [2.24, 2.45) is 0 Å². The number of benzene rings is 1. The Kier molecular flexibility index (Phi) is 4.93. The number of aromatic nitrogens is 2. The molecule has 0 spiro atoms. The van der Waals surface area contributed by atoms with Crippen molar-refractivity contribution >= 4 is 28.7 Å². The number of hydrogen-bond donors (Lipinski definition) is 1. The Hall–Kier alpha value is -2.73. The normalized spacial score (nSPS) is 13.3. The molecule has 0 unspecified atom stereocenters. The first kappa shape index (κ1) is 16.7. The van der Waals surface area contributed by atoms with Gasteiger partial charge in [-0.15, -0.1) is 11.3 Å². The van der Waals surface area contributed by atoms with Crippen LogP contribution in [0, 0.1) is 0 Å². The summed E-state index contributed by atoms with van der Waals surface area (Å²) in [5.41, 5.74) is 2.10. The van der Waals surface area contributed by atoms with Crippen molar-refractivity contribution in [2.75, 3.05) is 18.0 Å². The summed E-state index contributed by atoms with van der Waals surface area (Å²) in [6.45, 7) is 1.49. The van der Waals surface area contributed by atoms with Gasteiger partial charge in [0, 0.05) is 42.0 Å². The van der Waals surface area contributed by atoms with Crippen LogP contribution in [0.15, 0.2) is 54.7 Å². The SMILES string of the molecule is O=C(NCCc1ccccn1)c1nc2c(s1)CCCN2c1ccccc1. The van der Waals surface area contributed by atoms with Crippen LogP contribution >= 0.6 is 11.3 Å². The van der Waals surface area contributed by atoms with E-state index < -0.39 is 0 Å². The van der Waals surface area contributed by atoms with E-state index in [1.54, 1.807) is 6.20 Å². The molecule has 1 aliphatic rings. The summed E-state index contributed by atoms with van der Waals surface area (Å²) in [5, 5.41) is 3.50. The number of para-hydroxylation sites is 1. The number of carbonyl (C=O) groups excluding carboxylic acids is 1. The molecule has 0 fully saturated rings. The van der Waals surface area contributed by atoms with Crippen LogP contribution in [-0.4, -0.2) is 29.0 Å². The van der Waals surface area contributed by atoms with Gasteiger partial charge in [-0.25, -0.2) is 4.98 Å². The summed E-state index contributed by atoms with van der Waals surface area (Å²) in [6.07, 6.45) is 4.54. The molecule has 3 heterocycles. The number of amides is 1. The topological polar surface area (TPSA) is 58.1 Å². The number of rotatable bonds is 5. The van der Waals surface area contributed by atoms with Crippen molar-refractivity contribution in [1.82, 2.24) is 15.3 Å². The number of thiazole rings is 1. The molecule has 0 saturated carbocycles. The number of pyridine rings is 1. The number of fused-ring (bicyclic) bond motifs is 1. The quantitative estimate of drug-likeness (QED) is 0.752. The average Bonchev–Trinajstić information content (AvgIpc) is 3.14. The Balaban J connectivity index is 1.45. The van der Waals surface area contributed by atoms with E-state index in [0.717, 1.165) is 36.6 Å². The van der Waals surface area contributed by atoms with Gasteiger partial charge in [0.25, 0.3) is 5.91 Å². The molecule has 0 saturated heterocycles. The fourth-order valence-electron chi connectivity index (χ4n) is 3.10. The summed E-state index contributed by atoms with van der Waals surface area (Å²) in [5.74, 6) is 0.829. The fraction of sp³-hybridized carbons (Fsp3) is 0.250. The third-order valence-corrected chi connectivity index (χ3v) is 5.48. The Bertz CT molecular complexity index is 879. The Morgan fingerprint density at radius 3 is 2.81 bits per heavy atom. The highest BCUT2D eigenvalue weighted by molar-refractivity contribution is 7.14. The maximum atomic E-state index is 12.5. The molecule has 132 valence electrons. The number of hydrogen-bond acceptors (Lipinski definition) is 5. The van der Waals surface area contributed by atoms with Crippen molar-refractivity contribution in [2.45, 2.75) is 19.3 Å². The van der Waals surface area contributed by atoms with Crippen LogP contribution < -0.4 is 10.2 Å². The number of nitrogens with zero attached hydrogens (tertiary/aromatic N) is 3. The molecule has 26 heavy (non-hydrogen) atoms. The molecule has 1 aromatic carbocycles. The van der Waals surface area contributed by atoms with Crippen LogP contribution in [0.1, 0.15) is 26.8 Å². The van der Waals surface area contributed by atoms with Crippen LogP contribution in [0.2, 0.25) is 0 Å². The zero-order valence-electron chi connectivity index (χ0n) is 14.4. The zero-order chi connectivity index (χ0) is 17.8. The van der Waals surface area contributed by atoms with Gasteiger partial charge in [0.2, 0.25) is 0 Å². The first-order chi connectivity index (χ1) is 12.8. The molecule has 2 aromatic heterocycles. The second kappa shape index (κ2) is 7.66. The van der Waals surface area contributed by atoms with Gasteiger partial charge in [0.15, 0.2) is 5.01 Å². The van der Waals surface area contributed by atoms with Crippen molar-refractivity contribution in [3.63, 3.8) is 0 Å². The van der Waals surface area contributed by atoms with E-state index in [9.17, 15) is 4.79 Å². The number of aryl methyl sites for hydroxylation is 1. The van der Waals surface area contributed by atoms with Gasteiger partial charge in [-0.3, -0.25) is 9.78 Å². The Morgan fingerprint density at radius 2 is 2.00 bits per heavy atom. The highest BCUT2D eigenvalue weighted by Crippen LogP contribution is 2.36. The van der Waals surface area contributed by atoms with E-state index in [2.05, 4.69) is 32.3 Å². The number of nitrogens with one attached hydrogen (secondary N) is 1. The molecule has 0 atom stereocenters. The van der Waals surface area contributed by atoms with Crippen molar-refractivity contribution in [3.05, 3.63) is 70.3 Å². The van der Waals surface area contributed by atoms with Gasteiger partial charge in [-0.2, -0.15) is 0 Å². The molecule has 1 N–H and O–H groups in total. The van der Waals surface area contributed by atoms with Gasteiger partial charge in [-0.05, 0) is 37.1 Å². The van der Waals surface area contributed by atoms with Crippen molar-refractivity contribution in [3.8, 4) is 0 Å². The summed E-state index contributed by atoms with van der Waals surface area (Å²) < 4.78 is 0. The number of carbonyl (C=O) groups is 1. The van der Waals surface area contributed by atoms with Gasteiger partial charge < -0.3 is 10.2 Å². The standard InChI is InChI=1S/C20H20N4OS/c25-19(22-13-11-15-7-4-5-12-21-15)20-23-18-17(26-20)10-6-14-24(18)16-8-2-1-3-9-16/h1-5,7-9,12H,6,10-11,13-14H2,(H,22,25). The summed E-state index contributed by atoms with van der Waals surface area (Å²) in [7, 11) is 0. The van der Waals surface area contributed by atoms with Crippen molar-refractivity contribution in [1.29, 1.82) is 0 Å². The first-order valence-corrected chi connectivity index (χ1v) is 9.63. The lowest BCUT2D eigenvalue weighted by molar-refractivity contribution is 0.0953. The zero-order valence-corrected chi connectivity index (χ0v) is 15.2. The predicted molar refractivity (Wildman–Crippen MR) is 104 cm³/mol. The van der Waals surface area contributed by atoms with E-state index in [-0.39, 0.29) is 5.91 Å². The molecule has 3 aromatic rings. The molecule has 4 rings (SSSR count). The van der Waals surface area contributed by atoms with Gasteiger partial charge >= 0.3 is 0 Å². The summed E-state index contributed by atoms with van der Waals surface area (Å²) in [6, 6.07) is 16.0. The van der Waals surface area contributed by atoms with E-state index in [0.29, 0.717) is 18.0 Å². The minimum Gasteiger partial charge on any atom is -0.350 e. The molecule has 1 aliphatic heterocycles. The molecule has 0 bridgehead atoms. The molecule has 0 radical (unpaired) electrons. The Morgan fingerprint density at radius 1 is 1.15 bits per heavy atom. The molecule has 0 aliphatic carbocycles. The smallest absolute Gasteiger partial charge is 0.280 e. The molecule has 5 nitrogen and oxygen atoms in total. The van der Waals surface area contributed by atoms with Gasteiger partial charge in [0.1, 0.15) is 5.82 Å². The second-order valence-corrected chi connectivity index (χ2v) is 7.27. The molecular weight excluding hydrogens is 344 g/mol. The minimum absolute atomic E-state index is 0.103. The van der Waals surface area contributed by atoms with Gasteiger partial charge in [-0.1, -0.05) is 24.3 Å². The Labute approximate surface area is 156 Å². The van der Waals surface area contributed by atoms with E-state index >= 15 is 0 Å². The predicted octanol–water partition coefficient (Wildman–Crippen LogP) is 3.59. The van der Waals surface area contributed by atoms with E-state index in [1.807, 2.05) is 36.4 Å². The van der Waals surface area contributed by atoms with Crippen LogP contribution in [-0.2, 0) is 12.8 Å². The van der Waals surface area contributed by atoms with Gasteiger partial charge in [0.05, 0.1) is 0 Å². The average molecular weight is 364 g/mol. The minimum atomic E-state index is -0.103. The largest absolute Gasteiger partial charge is 0.350 e. The van der Waals surface area contributed by atoms with Crippen LogP contribution in [0.5, 0.6) is 0 Å². The van der Waals surface area contributed by atoms with E-state index in [1.165, 1.54) is 16.2 Å². The third-order valence-electron chi connectivity index (χ3n) is 4.37. The van der Waals surface area contributed by atoms with E-state index in [4.69, 9.17) is 0 Å². The van der Waals surface area contributed by atoms with Crippen LogP contribution in [0.3, 0.4) is 0 Å². The molecule has 1 amide bonds. The highest BCUT2D eigenvalue weighted by atomic mass is 32.1. The summed E-state index contributed by atoms with van der Waals surface area (Å²) >= 11 is 1.51. The first-order valence-electron chi connectivity index (χ1n) is 8.81. The monoisotopic (exact) mass is 364 g/mol. The third kappa shape index (κ3) is 3.60. The molecule has 6 heteroatoms. The lowest BCUT2D eigenvalue weighted by Gasteiger charge is -2.27. The fourth-order valence-corrected chi connectivity index (χ4v) is 4.13. The maximum Gasteiger partial charge on any atom is 0.280 e. The lowest BCUT2D eigenvalue weighted by Crippen LogP contribution is -2.26. The second-order valence-electron chi connectivity index (χ2n) is 6.18. The number of anilines is 2. The summed E-state index contributed by atoms with van der Waals surface area (Å²) in [4.78, 5) is 24.8. The lowest BCUT2D eigenvalue weighted by atomic mass is 10.1. The van der Waals surface area contributed by atoms with Crippen LogP contribution in [0.25, 0.3) is 0 Å². The van der Waals surface area contributed by atoms with Crippen LogP contribution in [0.4, 0.5) is 11.5 Å². The molecular formula is C20H20N4OS.